The average molecular weight is 282 g/mol. The topological polar surface area (TPSA) is 104 Å². The molecule has 7 heteroatoms. The van der Waals surface area contributed by atoms with Gasteiger partial charge in [0.1, 0.15) is 10.6 Å². The Kier molecular flexibility index (Phi) is 3.88. The minimum Gasteiger partial charge on any atom is -0.394 e. The summed E-state index contributed by atoms with van der Waals surface area (Å²) in [6.07, 6.45) is 0.564. The van der Waals surface area contributed by atoms with Gasteiger partial charge >= 0.3 is 0 Å². The molecule has 0 aliphatic rings. The predicted octanol–water partition coefficient (Wildman–Crippen LogP) is 1.13. The summed E-state index contributed by atoms with van der Waals surface area (Å²) in [5.41, 5.74) is 4.89. The van der Waals surface area contributed by atoms with Gasteiger partial charge in [-0.2, -0.15) is 4.98 Å². The van der Waals surface area contributed by atoms with Crippen molar-refractivity contribution in [2.75, 3.05) is 24.3 Å². The van der Waals surface area contributed by atoms with Crippen molar-refractivity contribution in [2.45, 2.75) is 25.8 Å². The van der Waals surface area contributed by atoms with Gasteiger partial charge < -0.3 is 21.3 Å². The van der Waals surface area contributed by atoms with Crippen LogP contribution in [0.5, 0.6) is 0 Å². The molecule has 0 aliphatic heterocycles. The summed E-state index contributed by atoms with van der Waals surface area (Å²) in [4.78, 5) is 10.3. The molecule has 0 spiro atoms. The van der Waals surface area contributed by atoms with Crippen LogP contribution in [-0.4, -0.2) is 38.9 Å². The fourth-order valence-corrected chi connectivity index (χ4v) is 2.73. The average Bonchev–Trinajstić information content (AvgIpc) is 2.76. The highest BCUT2D eigenvalue weighted by molar-refractivity contribution is 7.18. The molecule has 0 unspecified atom stereocenters. The Morgan fingerprint density at radius 1 is 1.37 bits per heavy atom. The van der Waals surface area contributed by atoms with Gasteiger partial charge in [0.15, 0.2) is 0 Å². The Morgan fingerprint density at radius 3 is 2.63 bits per heavy atom. The van der Waals surface area contributed by atoms with E-state index in [2.05, 4.69) is 15.3 Å². The number of nitrogens with one attached hydrogen (secondary N) is 1. The van der Waals surface area contributed by atoms with Gasteiger partial charge in [0, 0.05) is 4.88 Å². The number of aromatic nitrogens is 2. The van der Waals surface area contributed by atoms with Crippen molar-refractivity contribution >= 4 is 33.3 Å². The molecule has 104 valence electrons. The van der Waals surface area contributed by atoms with Gasteiger partial charge in [-0.1, -0.05) is 6.92 Å². The number of nitrogens with two attached hydrogens (primary N) is 1. The number of anilines is 2. The van der Waals surface area contributed by atoms with Crippen molar-refractivity contribution in [3.63, 3.8) is 0 Å². The third-order valence-corrected chi connectivity index (χ3v) is 4.14. The fourth-order valence-electron chi connectivity index (χ4n) is 1.85. The molecule has 5 N–H and O–H groups in total. The second kappa shape index (κ2) is 5.28. The zero-order valence-electron chi connectivity index (χ0n) is 11.0. The summed E-state index contributed by atoms with van der Waals surface area (Å²) in [5.74, 6) is 0.731. The van der Waals surface area contributed by atoms with Crippen LogP contribution < -0.4 is 11.1 Å². The highest BCUT2D eigenvalue weighted by Crippen LogP contribution is 2.31. The van der Waals surface area contributed by atoms with E-state index < -0.39 is 5.54 Å². The third kappa shape index (κ3) is 2.63. The lowest BCUT2D eigenvalue weighted by atomic mass is 9.98. The van der Waals surface area contributed by atoms with Crippen LogP contribution >= 0.6 is 11.3 Å². The molecule has 19 heavy (non-hydrogen) atoms. The SMILES string of the molecule is CCC(CO)(CO)Nc1nc(N)nc2sc(C)cc12. The maximum absolute atomic E-state index is 9.49. The van der Waals surface area contributed by atoms with Crippen molar-refractivity contribution < 1.29 is 10.2 Å². The lowest BCUT2D eigenvalue weighted by molar-refractivity contribution is 0.132. The van der Waals surface area contributed by atoms with Crippen molar-refractivity contribution in [3.8, 4) is 0 Å². The molecule has 6 nitrogen and oxygen atoms in total. The Labute approximate surface area is 115 Å². The number of hydrogen-bond donors (Lipinski definition) is 4. The van der Waals surface area contributed by atoms with Gasteiger partial charge in [-0.15, -0.1) is 11.3 Å². The molecule has 2 heterocycles. The van der Waals surface area contributed by atoms with E-state index in [4.69, 9.17) is 5.73 Å². The Balaban J connectivity index is 2.49. The minimum atomic E-state index is -0.802. The van der Waals surface area contributed by atoms with Gasteiger partial charge in [-0.3, -0.25) is 0 Å². The summed E-state index contributed by atoms with van der Waals surface area (Å²) in [7, 11) is 0. The third-order valence-electron chi connectivity index (χ3n) is 3.20. The van der Waals surface area contributed by atoms with Crippen LogP contribution in [0.3, 0.4) is 0 Å². The van der Waals surface area contributed by atoms with Gasteiger partial charge in [0.2, 0.25) is 5.95 Å². The van der Waals surface area contributed by atoms with Gasteiger partial charge in [-0.05, 0) is 19.4 Å². The highest BCUT2D eigenvalue weighted by atomic mass is 32.1. The van der Waals surface area contributed by atoms with E-state index in [1.54, 1.807) is 0 Å². The summed E-state index contributed by atoms with van der Waals surface area (Å²) < 4.78 is 0. The van der Waals surface area contributed by atoms with E-state index in [0.717, 1.165) is 15.1 Å². The molecule has 0 saturated carbocycles. The summed E-state index contributed by atoms with van der Waals surface area (Å²) in [5, 5.41) is 23.0. The summed E-state index contributed by atoms with van der Waals surface area (Å²) in [6.45, 7) is 3.50. The molecule has 0 aliphatic carbocycles. The molecule has 0 bridgehead atoms. The van der Waals surface area contributed by atoms with Gasteiger partial charge in [0.25, 0.3) is 0 Å². The zero-order valence-corrected chi connectivity index (χ0v) is 11.8. The Hall–Kier alpha value is -1.44. The number of nitrogen functional groups attached to an aromatic ring is 1. The maximum atomic E-state index is 9.49. The molecule has 0 atom stereocenters. The standard InChI is InChI=1S/C12H18N4O2S/c1-3-12(5-17,6-18)16-9-8-4-7(2)19-10(8)15-11(13)14-9/h4,17-18H,3,5-6H2,1-2H3,(H3,13,14,15,16). The number of rotatable bonds is 5. The zero-order chi connectivity index (χ0) is 14.0. The number of aliphatic hydroxyl groups is 2. The molecule has 0 aromatic carbocycles. The number of thiophene rings is 1. The largest absolute Gasteiger partial charge is 0.394 e. The van der Waals surface area contributed by atoms with Crippen LogP contribution in [0, 0.1) is 6.92 Å². The maximum Gasteiger partial charge on any atom is 0.223 e. The van der Waals surface area contributed by atoms with Crippen molar-refractivity contribution in [3.05, 3.63) is 10.9 Å². The van der Waals surface area contributed by atoms with E-state index in [0.29, 0.717) is 12.2 Å². The normalized spacial score (nSPS) is 12.0. The molecular formula is C12H18N4O2S. The first-order valence-corrected chi connectivity index (χ1v) is 6.89. The lowest BCUT2D eigenvalue weighted by Crippen LogP contribution is -2.45. The molecule has 2 aromatic rings. The van der Waals surface area contributed by atoms with E-state index in [1.165, 1.54) is 11.3 Å². The predicted molar refractivity (Wildman–Crippen MR) is 77.4 cm³/mol. The Morgan fingerprint density at radius 2 is 2.05 bits per heavy atom. The van der Waals surface area contributed by atoms with Crippen LogP contribution in [0.1, 0.15) is 18.2 Å². The quantitative estimate of drug-likeness (QED) is 0.655. The van der Waals surface area contributed by atoms with Gasteiger partial charge in [0.05, 0.1) is 24.1 Å². The van der Waals surface area contributed by atoms with Crippen LogP contribution in [0.15, 0.2) is 6.07 Å². The van der Waals surface area contributed by atoms with Crippen molar-refractivity contribution in [2.24, 2.45) is 0 Å². The molecule has 2 aromatic heterocycles. The monoisotopic (exact) mass is 282 g/mol. The molecule has 0 amide bonds. The smallest absolute Gasteiger partial charge is 0.223 e. The van der Waals surface area contributed by atoms with Crippen molar-refractivity contribution in [1.29, 1.82) is 0 Å². The van der Waals surface area contributed by atoms with Crippen LogP contribution in [0.25, 0.3) is 10.2 Å². The minimum absolute atomic E-state index is 0.178. The number of aliphatic hydroxyl groups excluding tert-OH is 2. The lowest BCUT2D eigenvalue weighted by Gasteiger charge is -2.30. The summed E-state index contributed by atoms with van der Waals surface area (Å²) >= 11 is 1.53. The number of aryl methyl sites for hydroxylation is 1. The van der Waals surface area contributed by atoms with Crippen LogP contribution in [-0.2, 0) is 0 Å². The number of hydrogen-bond acceptors (Lipinski definition) is 7. The van der Waals surface area contributed by atoms with E-state index in [9.17, 15) is 10.2 Å². The number of nitrogens with zero attached hydrogens (tertiary/aromatic N) is 2. The van der Waals surface area contributed by atoms with E-state index >= 15 is 0 Å². The molecule has 0 saturated heterocycles. The number of fused-ring (bicyclic) bond motifs is 1. The van der Waals surface area contributed by atoms with E-state index in [-0.39, 0.29) is 19.2 Å². The second-order valence-corrected chi connectivity index (χ2v) is 5.82. The first-order valence-electron chi connectivity index (χ1n) is 6.07. The molecule has 0 fully saturated rings. The van der Waals surface area contributed by atoms with Gasteiger partial charge in [-0.25, -0.2) is 4.98 Å². The molecule has 0 radical (unpaired) electrons. The summed E-state index contributed by atoms with van der Waals surface area (Å²) in [6, 6.07) is 1.97. The Bertz CT molecular complexity index is 572. The van der Waals surface area contributed by atoms with Crippen LogP contribution in [0.4, 0.5) is 11.8 Å². The fraction of sp³-hybridized carbons (Fsp3) is 0.500. The first-order chi connectivity index (χ1) is 9.03. The van der Waals surface area contributed by atoms with Crippen LogP contribution in [0.2, 0.25) is 0 Å². The van der Waals surface area contributed by atoms with Crippen molar-refractivity contribution in [1.82, 2.24) is 9.97 Å². The second-order valence-electron chi connectivity index (χ2n) is 4.58. The molecular weight excluding hydrogens is 264 g/mol. The van der Waals surface area contributed by atoms with E-state index in [1.807, 2.05) is 19.9 Å². The molecule has 2 rings (SSSR count). The first kappa shape index (κ1) is 14.0. The highest BCUT2D eigenvalue weighted by Gasteiger charge is 2.28.